The monoisotopic (exact) mass is 284 g/mol. The Morgan fingerprint density at radius 3 is 2.45 bits per heavy atom. The molecule has 3 heteroatoms. The molecule has 0 saturated heterocycles. The minimum absolute atomic E-state index is 0.738. The highest BCUT2D eigenvalue weighted by Crippen LogP contribution is 2.18. The van der Waals surface area contributed by atoms with E-state index in [9.17, 15) is 0 Å². The summed E-state index contributed by atoms with van der Waals surface area (Å²) in [4.78, 5) is 2.05. The quantitative estimate of drug-likeness (QED) is 0.853. The number of hydrogen-bond acceptors (Lipinski definition) is 1. The Bertz CT molecular complexity index is 593. The molecule has 0 aliphatic rings. The van der Waals surface area contributed by atoms with Crippen molar-refractivity contribution >= 4 is 23.0 Å². The van der Waals surface area contributed by atoms with Crippen molar-refractivity contribution in [1.82, 2.24) is 4.90 Å². The van der Waals surface area contributed by atoms with Gasteiger partial charge >= 0.3 is 0 Å². The Morgan fingerprint density at radius 1 is 1.05 bits per heavy atom. The molecule has 104 valence electrons. The zero-order chi connectivity index (χ0) is 14.5. The molecule has 2 rings (SSSR count). The van der Waals surface area contributed by atoms with Crippen molar-refractivity contribution in [2.75, 3.05) is 12.4 Å². The van der Waals surface area contributed by atoms with Gasteiger partial charge in [0.1, 0.15) is 0 Å². The second-order valence-electron chi connectivity index (χ2n) is 5.02. The molecule has 2 aromatic rings. The molecule has 2 nitrogen and oxygen atoms in total. The third kappa shape index (κ3) is 3.58. The average Bonchev–Trinajstić information content (AvgIpc) is 2.45. The van der Waals surface area contributed by atoms with Crippen molar-refractivity contribution < 1.29 is 0 Å². The number of thiocarbonyl (C=S) groups is 1. The van der Waals surface area contributed by atoms with E-state index in [4.69, 9.17) is 12.2 Å². The van der Waals surface area contributed by atoms with Crippen LogP contribution in [-0.2, 0) is 6.54 Å². The van der Waals surface area contributed by atoms with Gasteiger partial charge in [0.25, 0.3) is 0 Å². The number of aryl methyl sites for hydroxylation is 1. The summed E-state index contributed by atoms with van der Waals surface area (Å²) in [6.07, 6.45) is 0. The fourth-order valence-corrected chi connectivity index (χ4v) is 2.20. The molecule has 0 aliphatic carbocycles. The van der Waals surface area contributed by atoms with Crippen LogP contribution in [0.15, 0.2) is 48.5 Å². The molecule has 0 radical (unpaired) electrons. The lowest BCUT2D eigenvalue weighted by atomic mass is 10.1. The van der Waals surface area contributed by atoms with Crippen molar-refractivity contribution in [3.63, 3.8) is 0 Å². The molecule has 0 amide bonds. The van der Waals surface area contributed by atoms with Crippen molar-refractivity contribution in [3.8, 4) is 0 Å². The highest BCUT2D eigenvalue weighted by atomic mass is 32.1. The first kappa shape index (κ1) is 14.5. The highest BCUT2D eigenvalue weighted by molar-refractivity contribution is 7.80. The van der Waals surface area contributed by atoms with Gasteiger partial charge in [-0.1, -0.05) is 42.5 Å². The molecule has 1 N–H and O–H groups in total. The minimum Gasteiger partial charge on any atom is -0.348 e. The molecule has 0 unspecified atom stereocenters. The van der Waals surface area contributed by atoms with Crippen molar-refractivity contribution in [1.29, 1.82) is 0 Å². The van der Waals surface area contributed by atoms with E-state index in [2.05, 4.69) is 43.4 Å². The predicted molar refractivity (Wildman–Crippen MR) is 90.0 cm³/mol. The molecule has 0 saturated carbocycles. The lowest BCUT2D eigenvalue weighted by Crippen LogP contribution is -2.30. The first-order valence-corrected chi connectivity index (χ1v) is 7.11. The van der Waals surface area contributed by atoms with Gasteiger partial charge in [-0.3, -0.25) is 0 Å². The molecule has 0 aliphatic heterocycles. The molecular weight excluding hydrogens is 264 g/mol. The summed E-state index contributed by atoms with van der Waals surface area (Å²) in [6, 6.07) is 16.5. The number of nitrogens with one attached hydrogen (secondary N) is 1. The third-order valence-corrected chi connectivity index (χ3v) is 3.87. The van der Waals surface area contributed by atoms with E-state index in [1.165, 1.54) is 16.7 Å². The number of anilines is 1. The van der Waals surface area contributed by atoms with Gasteiger partial charge in [0, 0.05) is 19.3 Å². The zero-order valence-electron chi connectivity index (χ0n) is 12.2. The molecule has 20 heavy (non-hydrogen) atoms. The number of nitrogens with zero attached hydrogens (tertiary/aromatic N) is 1. The van der Waals surface area contributed by atoms with Crippen molar-refractivity contribution in [2.45, 2.75) is 20.4 Å². The van der Waals surface area contributed by atoms with Gasteiger partial charge < -0.3 is 10.2 Å². The summed E-state index contributed by atoms with van der Waals surface area (Å²) in [5.74, 6) is 0. The van der Waals surface area contributed by atoms with Crippen LogP contribution < -0.4 is 5.32 Å². The molecule has 2 aromatic carbocycles. The summed E-state index contributed by atoms with van der Waals surface area (Å²) < 4.78 is 0. The number of rotatable bonds is 3. The molecule has 0 aromatic heterocycles. The smallest absolute Gasteiger partial charge is 0.173 e. The van der Waals surface area contributed by atoms with Gasteiger partial charge in [-0.25, -0.2) is 0 Å². The Balaban J connectivity index is 2.03. The maximum Gasteiger partial charge on any atom is 0.173 e. The van der Waals surface area contributed by atoms with Crippen LogP contribution in [0.25, 0.3) is 0 Å². The first-order chi connectivity index (χ1) is 9.58. The maximum absolute atomic E-state index is 5.48. The van der Waals surface area contributed by atoms with Gasteiger partial charge in [0.15, 0.2) is 5.11 Å². The van der Waals surface area contributed by atoms with Crippen LogP contribution in [0, 0.1) is 13.8 Å². The normalized spacial score (nSPS) is 10.2. The number of hydrogen-bond donors (Lipinski definition) is 1. The van der Waals surface area contributed by atoms with E-state index in [0.29, 0.717) is 0 Å². The van der Waals surface area contributed by atoms with Gasteiger partial charge in [0.05, 0.1) is 0 Å². The van der Waals surface area contributed by atoms with Crippen LogP contribution in [0.3, 0.4) is 0 Å². The molecule has 0 bridgehead atoms. The van der Waals surface area contributed by atoms with Crippen LogP contribution in [0.5, 0.6) is 0 Å². The molecule has 0 spiro atoms. The van der Waals surface area contributed by atoms with Crippen molar-refractivity contribution in [2.24, 2.45) is 0 Å². The minimum atomic E-state index is 0.738. The predicted octanol–water partition coefficient (Wildman–Crippen LogP) is 4.13. The summed E-state index contributed by atoms with van der Waals surface area (Å²) >= 11 is 5.48. The second kappa shape index (κ2) is 6.53. The average molecular weight is 284 g/mol. The van der Waals surface area contributed by atoms with Crippen LogP contribution in [0.2, 0.25) is 0 Å². The summed E-state index contributed by atoms with van der Waals surface area (Å²) in [7, 11) is 2.01. The van der Waals surface area contributed by atoms with E-state index in [1.54, 1.807) is 0 Å². The highest BCUT2D eigenvalue weighted by Gasteiger charge is 2.07. The number of benzene rings is 2. The van der Waals surface area contributed by atoms with Gasteiger partial charge in [-0.2, -0.15) is 0 Å². The van der Waals surface area contributed by atoms with Crippen LogP contribution in [-0.4, -0.2) is 17.1 Å². The third-order valence-electron chi connectivity index (χ3n) is 3.46. The van der Waals surface area contributed by atoms with Crippen LogP contribution >= 0.6 is 12.2 Å². The summed E-state index contributed by atoms with van der Waals surface area (Å²) in [5, 5.41) is 4.07. The lowest BCUT2D eigenvalue weighted by Gasteiger charge is -2.22. The first-order valence-electron chi connectivity index (χ1n) is 6.70. The van der Waals surface area contributed by atoms with Crippen LogP contribution in [0.1, 0.15) is 16.7 Å². The van der Waals surface area contributed by atoms with Gasteiger partial charge in [-0.15, -0.1) is 0 Å². The van der Waals surface area contributed by atoms with Crippen LogP contribution in [0.4, 0.5) is 5.69 Å². The Hall–Kier alpha value is -1.87. The molecular formula is C17H20N2S. The Labute approximate surface area is 126 Å². The van der Waals surface area contributed by atoms with Gasteiger partial charge in [0.2, 0.25) is 0 Å². The standard InChI is InChI=1S/C17H20N2S/c1-13-8-7-11-16(14(13)2)18-17(20)19(3)12-15-9-5-4-6-10-15/h4-11H,12H2,1-3H3,(H,18,20). The van der Waals surface area contributed by atoms with E-state index in [1.807, 2.05) is 36.2 Å². The zero-order valence-corrected chi connectivity index (χ0v) is 13.0. The molecule has 0 fully saturated rings. The van der Waals surface area contributed by atoms with Gasteiger partial charge in [-0.05, 0) is 48.8 Å². The summed E-state index contributed by atoms with van der Waals surface area (Å²) in [5.41, 5.74) is 4.83. The van der Waals surface area contributed by atoms with E-state index in [-0.39, 0.29) is 0 Å². The Kier molecular flexibility index (Phi) is 4.74. The molecule has 0 heterocycles. The Morgan fingerprint density at radius 2 is 1.75 bits per heavy atom. The van der Waals surface area contributed by atoms with E-state index < -0.39 is 0 Å². The fraction of sp³-hybridized carbons (Fsp3) is 0.235. The summed E-state index contributed by atoms with van der Waals surface area (Å²) in [6.45, 7) is 5.02. The second-order valence-corrected chi connectivity index (χ2v) is 5.41. The maximum atomic E-state index is 5.48. The largest absolute Gasteiger partial charge is 0.348 e. The van der Waals surface area contributed by atoms with E-state index >= 15 is 0 Å². The topological polar surface area (TPSA) is 15.3 Å². The molecule has 0 atom stereocenters. The SMILES string of the molecule is Cc1cccc(NC(=S)N(C)Cc2ccccc2)c1C. The fourth-order valence-electron chi connectivity index (χ4n) is 2.03. The van der Waals surface area contributed by atoms with E-state index in [0.717, 1.165) is 17.3 Å². The lowest BCUT2D eigenvalue weighted by molar-refractivity contribution is 0.508. The van der Waals surface area contributed by atoms with Crippen molar-refractivity contribution in [3.05, 3.63) is 65.2 Å².